The van der Waals surface area contributed by atoms with E-state index in [0.29, 0.717) is 12.6 Å². The van der Waals surface area contributed by atoms with Gasteiger partial charge in [0.2, 0.25) is 0 Å². The number of thiophene rings is 1. The fourth-order valence-corrected chi connectivity index (χ4v) is 3.66. The van der Waals surface area contributed by atoms with Crippen molar-refractivity contribution in [2.45, 2.75) is 30.6 Å². The monoisotopic (exact) mass is 312 g/mol. The molecule has 0 aromatic carbocycles. The zero-order chi connectivity index (χ0) is 14.6. The molecule has 8 heteroatoms. The third kappa shape index (κ3) is 3.99. The Bertz CT molecular complexity index is 653. The van der Waals surface area contributed by atoms with Crippen LogP contribution in [0, 0.1) is 0 Å². The first-order chi connectivity index (χ1) is 9.47. The smallest absolute Gasteiger partial charge is 0.272 e. The van der Waals surface area contributed by atoms with Crippen LogP contribution in [0.4, 0.5) is 5.82 Å². The number of nitrogens with zero attached hydrogens (tertiary/aromatic N) is 2. The molecule has 0 bridgehead atoms. The van der Waals surface area contributed by atoms with Crippen molar-refractivity contribution in [3.8, 4) is 0 Å². The standard InChI is InChI=1S/C12H16N4O2S2/c1-9(2)13-7-10-6-12(19-8-10)20(17,18)16-11-4-3-5-14-15-11/h3-6,8-9,13H,7H2,1-2H3,(H,15,16). The zero-order valence-corrected chi connectivity index (χ0v) is 12.8. The summed E-state index contributed by atoms with van der Waals surface area (Å²) < 4.78 is 27.0. The first-order valence-electron chi connectivity index (χ1n) is 6.09. The van der Waals surface area contributed by atoms with Crippen molar-refractivity contribution in [2.24, 2.45) is 0 Å². The van der Waals surface area contributed by atoms with E-state index in [-0.39, 0.29) is 10.0 Å². The molecular formula is C12H16N4O2S2. The summed E-state index contributed by atoms with van der Waals surface area (Å²) in [6.45, 7) is 4.73. The molecule has 0 unspecified atom stereocenters. The summed E-state index contributed by atoms with van der Waals surface area (Å²) in [5, 5.41) is 12.4. The van der Waals surface area contributed by atoms with E-state index in [1.165, 1.54) is 17.5 Å². The van der Waals surface area contributed by atoms with E-state index in [4.69, 9.17) is 0 Å². The molecule has 0 radical (unpaired) electrons. The quantitative estimate of drug-likeness (QED) is 0.850. The van der Waals surface area contributed by atoms with E-state index >= 15 is 0 Å². The average Bonchev–Trinajstić information content (AvgIpc) is 2.86. The summed E-state index contributed by atoms with van der Waals surface area (Å²) >= 11 is 1.19. The van der Waals surface area contributed by atoms with Crippen LogP contribution in [0.2, 0.25) is 0 Å². The molecule has 2 aromatic heterocycles. The number of anilines is 1. The van der Waals surface area contributed by atoms with E-state index in [1.54, 1.807) is 18.2 Å². The summed E-state index contributed by atoms with van der Waals surface area (Å²) in [5.41, 5.74) is 0.947. The highest BCUT2D eigenvalue weighted by Gasteiger charge is 2.17. The summed E-state index contributed by atoms with van der Waals surface area (Å²) in [4.78, 5) is 0. The minimum atomic E-state index is -3.59. The van der Waals surface area contributed by atoms with E-state index in [1.807, 2.05) is 19.2 Å². The van der Waals surface area contributed by atoms with Crippen molar-refractivity contribution in [3.63, 3.8) is 0 Å². The van der Waals surface area contributed by atoms with Crippen molar-refractivity contribution >= 4 is 27.2 Å². The lowest BCUT2D eigenvalue weighted by atomic mass is 10.3. The van der Waals surface area contributed by atoms with Crippen LogP contribution in [0.15, 0.2) is 34.0 Å². The molecule has 2 N–H and O–H groups in total. The first-order valence-corrected chi connectivity index (χ1v) is 8.45. The number of nitrogens with one attached hydrogen (secondary N) is 2. The normalized spacial score (nSPS) is 11.8. The number of rotatable bonds is 6. The molecule has 2 heterocycles. The molecule has 0 aliphatic rings. The highest BCUT2D eigenvalue weighted by atomic mass is 32.2. The molecule has 108 valence electrons. The minimum Gasteiger partial charge on any atom is -0.310 e. The van der Waals surface area contributed by atoms with Crippen LogP contribution >= 0.6 is 11.3 Å². The van der Waals surface area contributed by atoms with Gasteiger partial charge in [-0.3, -0.25) is 4.72 Å². The molecule has 2 aromatic rings. The third-order valence-corrected chi connectivity index (χ3v) is 5.26. The van der Waals surface area contributed by atoms with Crippen LogP contribution in [0.1, 0.15) is 19.4 Å². The van der Waals surface area contributed by atoms with Gasteiger partial charge in [0.15, 0.2) is 5.82 Å². The first kappa shape index (κ1) is 14.9. The van der Waals surface area contributed by atoms with Crippen LogP contribution in [-0.2, 0) is 16.6 Å². The number of hydrogen-bond acceptors (Lipinski definition) is 6. The van der Waals surface area contributed by atoms with Crippen LogP contribution < -0.4 is 10.0 Å². The largest absolute Gasteiger partial charge is 0.310 e. The molecule has 0 aliphatic carbocycles. The summed E-state index contributed by atoms with van der Waals surface area (Å²) in [5.74, 6) is 0.211. The fraction of sp³-hybridized carbons (Fsp3) is 0.333. The number of sulfonamides is 1. The van der Waals surface area contributed by atoms with Gasteiger partial charge in [-0.15, -0.1) is 16.4 Å². The van der Waals surface area contributed by atoms with E-state index in [0.717, 1.165) is 5.56 Å². The van der Waals surface area contributed by atoms with Crippen molar-refractivity contribution < 1.29 is 8.42 Å². The van der Waals surface area contributed by atoms with Crippen molar-refractivity contribution in [1.29, 1.82) is 0 Å². The number of hydrogen-bond donors (Lipinski definition) is 2. The summed E-state index contributed by atoms with van der Waals surface area (Å²) in [7, 11) is -3.59. The summed E-state index contributed by atoms with van der Waals surface area (Å²) in [6.07, 6.45) is 1.48. The minimum absolute atomic E-state index is 0.211. The van der Waals surface area contributed by atoms with Gasteiger partial charge in [0.05, 0.1) is 0 Å². The molecule has 0 atom stereocenters. The predicted molar refractivity (Wildman–Crippen MR) is 79.1 cm³/mol. The van der Waals surface area contributed by atoms with Gasteiger partial charge >= 0.3 is 0 Å². The van der Waals surface area contributed by atoms with Crippen LogP contribution in [0.25, 0.3) is 0 Å². The van der Waals surface area contributed by atoms with Gasteiger partial charge in [0, 0.05) is 18.8 Å². The molecule has 0 spiro atoms. The molecule has 0 amide bonds. The molecule has 0 saturated heterocycles. The lowest BCUT2D eigenvalue weighted by Crippen LogP contribution is -2.21. The maximum atomic E-state index is 12.2. The summed E-state index contributed by atoms with van der Waals surface area (Å²) in [6, 6.07) is 5.20. The van der Waals surface area contributed by atoms with Gasteiger partial charge in [-0.2, -0.15) is 5.10 Å². The molecule has 20 heavy (non-hydrogen) atoms. The molecule has 0 saturated carbocycles. The van der Waals surface area contributed by atoms with Gasteiger partial charge in [0.25, 0.3) is 10.0 Å². The van der Waals surface area contributed by atoms with Crippen molar-refractivity contribution in [2.75, 3.05) is 4.72 Å². The van der Waals surface area contributed by atoms with Crippen molar-refractivity contribution in [3.05, 3.63) is 35.3 Å². The van der Waals surface area contributed by atoms with E-state index in [2.05, 4.69) is 20.2 Å². The van der Waals surface area contributed by atoms with Crippen LogP contribution in [0.5, 0.6) is 0 Å². The lowest BCUT2D eigenvalue weighted by molar-refractivity contribution is 0.589. The van der Waals surface area contributed by atoms with E-state index < -0.39 is 10.0 Å². The Morgan fingerprint density at radius 3 is 2.85 bits per heavy atom. The Balaban J connectivity index is 2.10. The van der Waals surface area contributed by atoms with Crippen molar-refractivity contribution in [1.82, 2.24) is 15.5 Å². The van der Waals surface area contributed by atoms with Gasteiger partial charge in [-0.25, -0.2) is 8.42 Å². The zero-order valence-electron chi connectivity index (χ0n) is 11.2. The molecule has 0 aliphatic heterocycles. The topological polar surface area (TPSA) is 84.0 Å². The molecule has 2 rings (SSSR count). The van der Waals surface area contributed by atoms with Crippen LogP contribution in [0.3, 0.4) is 0 Å². The van der Waals surface area contributed by atoms with Crippen LogP contribution in [-0.4, -0.2) is 24.7 Å². The molecular weight excluding hydrogens is 296 g/mol. The highest BCUT2D eigenvalue weighted by Crippen LogP contribution is 2.22. The fourth-order valence-electron chi connectivity index (χ4n) is 1.45. The Labute approximate surface area is 122 Å². The van der Waals surface area contributed by atoms with E-state index in [9.17, 15) is 8.42 Å². The van der Waals surface area contributed by atoms with Gasteiger partial charge in [0.1, 0.15) is 4.21 Å². The molecule has 0 fully saturated rings. The second-order valence-electron chi connectivity index (χ2n) is 4.52. The average molecular weight is 312 g/mol. The van der Waals surface area contributed by atoms with Gasteiger partial charge in [-0.05, 0) is 29.1 Å². The Morgan fingerprint density at radius 1 is 1.40 bits per heavy atom. The second-order valence-corrected chi connectivity index (χ2v) is 7.34. The van der Waals surface area contributed by atoms with Gasteiger partial charge < -0.3 is 5.32 Å². The second kappa shape index (κ2) is 6.29. The number of aromatic nitrogens is 2. The Morgan fingerprint density at radius 2 is 2.20 bits per heavy atom. The predicted octanol–water partition coefficient (Wildman–Crippen LogP) is 1.84. The maximum Gasteiger partial charge on any atom is 0.272 e. The lowest BCUT2D eigenvalue weighted by Gasteiger charge is -2.05. The maximum absolute atomic E-state index is 12.2. The molecule has 6 nitrogen and oxygen atoms in total. The SMILES string of the molecule is CC(C)NCc1csc(S(=O)(=O)Nc2cccnn2)c1. The third-order valence-electron chi connectivity index (χ3n) is 2.42. The highest BCUT2D eigenvalue weighted by molar-refractivity contribution is 7.94. The van der Waals surface area contributed by atoms with Gasteiger partial charge in [-0.1, -0.05) is 13.8 Å². The Kier molecular flexibility index (Phi) is 4.69. The Hall–Kier alpha value is -1.51.